The molecule has 0 bridgehead atoms. The third kappa shape index (κ3) is 7.88. The van der Waals surface area contributed by atoms with E-state index < -0.39 is 11.9 Å². The number of anilines is 1. The van der Waals surface area contributed by atoms with Gasteiger partial charge in [0, 0.05) is 57.3 Å². The number of hydrogen-bond donors (Lipinski definition) is 2. The SMILES string of the molecule is Cc1ccc(-c2nn([C@H]3CC[C@H](CN4CCC(OCC#Cc5cccc6c5n(C)c(=O)n6C5CCC(=O)NC5=O)CC4)CC3)cc2NC(=O)c2cnn3cccnc23)cc1. The quantitative estimate of drug-likeness (QED) is 0.151. The molecule has 2 saturated heterocycles. The molecule has 308 valence electrons. The van der Waals surface area contributed by atoms with E-state index in [0.717, 1.165) is 75.0 Å². The van der Waals surface area contributed by atoms with Crippen LogP contribution >= 0.6 is 0 Å². The molecule has 3 aliphatic rings. The number of imide groups is 1. The molecule has 3 amide bonds. The van der Waals surface area contributed by atoms with Crippen LogP contribution in [0, 0.1) is 24.7 Å². The molecule has 3 fully saturated rings. The molecule has 1 saturated carbocycles. The van der Waals surface area contributed by atoms with Crippen molar-refractivity contribution in [2.45, 2.75) is 76.5 Å². The molecule has 0 radical (unpaired) electrons. The number of aromatic nitrogens is 7. The number of benzene rings is 2. The van der Waals surface area contributed by atoms with E-state index in [0.29, 0.717) is 39.4 Å². The first-order valence-electron chi connectivity index (χ1n) is 20.8. The van der Waals surface area contributed by atoms with E-state index in [1.54, 1.807) is 36.2 Å². The number of amides is 3. The fraction of sp³-hybridized carbons (Fsp3) is 0.400. The molecule has 1 unspecified atom stereocenters. The van der Waals surface area contributed by atoms with Crippen LogP contribution in [-0.2, 0) is 21.4 Å². The highest BCUT2D eigenvalue weighted by molar-refractivity contribution is 6.09. The van der Waals surface area contributed by atoms with Crippen LogP contribution in [0.2, 0.25) is 0 Å². The second kappa shape index (κ2) is 16.7. The third-order valence-electron chi connectivity index (χ3n) is 12.3. The monoisotopic (exact) mass is 808 g/mol. The van der Waals surface area contributed by atoms with E-state index >= 15 is 0 Å². The Balaban J connectivity index is 0.773. The highest BCUT2D eigenvalue weighted by atomic mass is 16.5. The number of fused-ring (bicyclic) bond motifs is 2. The van der Waals surface area contributed by atoms with Crippen LogP contribution < -0.4 is 16.3 Å². The van der Waals surface area contributed by atoms with Gasteiger partial charge in [-0.15, -0.1) is 0 Å². The van der Waals surface area contributed by atoms with E-state index in [1.165, 1.54) is 9.13 Å². The zero-order valence-electron chi connectivity index (χ0n) is 33.8. The molecular formula is C45H48N10O5. The lowest BCUT2D eigenvalue weighted by molar-refractivity contribution is -0.135. The van der Waals surface area contributed by atoms with Crippen molar-refractivity contribution in [1.29, 1.82) is 0 Å². The van der Waals surface area contributed by atoms with Crippen LogP contribution in [-0.4, -0.2) is 88.5 Å². The lowest BCUT2D eigenvalue weighted by atomic mass is 9.85. The lowest BCUT2D eigenvalue weighted by Gasteiger charge is -2.36. The fourth-order valence-electron chi connectivity index (χ4n) is 9.05. The van der Waals surface area contributed by atoms with Crippen molar-refractivity contribution in [3.63, 3.8) is 0 Å². The molecule has 60 heavy (non-hydrogen) atoms. The first-order chi connectivity index (χ1) is 29.2. The van der Waals surface area contributed by atoms with Gasteiger partial charge in [-0.1, -0.05) is 47.7 Å². The Kier molecular flexibility index (Phi) is 10.9. The summed E-state index contributed by atoms with van der Waals surface area (Å²) in [6, 6.07) is 15.0. The topological polar surface area (TPSA) is 163 Å². The smallest absolute Gasteiger partial charge is 0.329 e. The molecule has 1 aliphatic carbocycles. The van der Waals surface area contributed by atoms with Gasteiger partial charge in [0.05, 0.1) is 40.6 Å². The molecular weight excluding hydrogens is 761 g/mol. The number of imidazole rings is 1. The van der Waals surface area contributed by atoms with Gasteiger partial charge in [-0.05, 0) is 76.0 Å². The van der Waals surface area contributed by atoms with Crippen molar-refractivity contribution >= 4 is 40.1 Å². The Morgan fingerprint density at radius 1 is 0.983 bits per heavy atom. The van der Waals surface area contributed by atoms with Gasteiger partial charge in [0.25, 0.3) is 5.91 Å². The van der Waals surface area contributed by atoms with Crippen molar-refractivity contribution in [3.05, 3.63) is 100 Å². The minimum absolute atomic E-state index is 0.140. The van der Waals surface area contributed by atoms with Gasteiger partial charge in [-0.2, -0.15) is 10.2 Å². The van der Waals surface area contributed by atoms with Crippen molar-refractivity contribution in [1.82, 2.24) is 43.7 Å². The Morgan fingerprint density at radius 3 is 2.57 bits per heavy atom. The molecule has 2 aromatic carbocycles. The Bertz CT molecular complexity index is 2700. The zero-order chi connectivity index (χ0) is 41.3. The minimum atomic E-state index is -0.739. The molecule has 0 spiro atoms. The minimum Gasteiger partial charge on any atom is -0.365 e. The number of para-hydroxylation sites is 1. The Labute approximate surface area is 346 Å². The number of ether oxygens (including phenoxy) is 1. The molecule has 6 heterocycles. The van der Waals surface area contributed by atoms with Crippen LogP contribution in [0.4, 0.5) is 5.69 Å². The predicted octanol–water partition coefficient (Wildman–Crippen LogP) is 5.05. The second-order valence-electron chi connectivity index (χ2n) is 16.3. The molecule has 15 heteroatoms. The number of aryl methyl sites for hydroxylation is 2. The van der Waals surface area contributed by atoms with Gasteiger partial charge in [-0.3, -0.25) is 33.5 Å². The van der Waals surface area contributed by atoms with E-state index in [4.69, 9.17) is 9.84 Å². The molecule has 15 nitrogen and oxygen atoms in total. The summed E-state index contributed by atoms with van der Waals surface area (Å²) in [5.74, 6) is 5.92. The third-order valence-corrected chi connectivity index (χ3v) is 12.3. The van der Waals surface area contributed by atoms with Crippen LogP contribution in [0.25, 0.3) is 27.9 Å². The van der Waals surface area contributed by atoms with Crippen LogP contribution in [0.15, 0.2) is 78.1 Å². The van der Waals surface area contributed by atoms with Crippen LogP contribution in [0.5, 0.6) is 0 Å². The molecule has 4 aromatic heterocycles. The lowest BCUT2D eigenvalue weighted by Crippen LogP contribution is -2.44. The predicted molar refractivity (Wildman–Crippen MR) is 225 cm³/mol. The normalized spacial score (nSPS) is 20.3. The summed E-state index contributed by atoms with van der Waals surface area (Å²) < 4.78 is 12.9. The fourth-order valence-corrected chi connectivity index (χ4v) is 9.05. The largest absolute Gasteiger partial charge is 0.365 e. The maximum absolute atomic E-state index is 13.5. The maximum Gasteiger partial charge on any atom is 0.329 e. The van der Waals surface area contributed by atoms with Gasteiger partial charge in [0.2, 0.25) is 11.8 Å². The standard InChI is InChI=1S/C45H48N10O5/c1-29-9-13-31(14-10-29)40-36(48-43(57)35-26-47-53-22-5-21-46-42(35)53)28-54(50-40)33-15-11-30(12-16-33)27-52-23-19-34(20-24-52)60-25-4-7-32-6-3-8-37-41(32)51(2)45(59)55(37)38-17-18-39(56)49-44(38)58/h3,5-6,8-10,13-14,21-22,26,28,30,33-34,38H,11-12,15-20,23-25,27H2,1-2H3,(H,48,57)(H,49,56,58)/t30-,33-,38?. The summed E-state index contributed by atoms with van der Waals surface area (Å²) in [5, 5.41) is 14.8. The van der Waals surface area contributed by atoms with Crippen molar-refractivity contribution in [3.8, 4) is 23.1 Å². The van der Waals surface area contributed by atoms with Gasteiger partial charge in [0.1, 0.15) is 23.9 Å². The molecule has 2 aliphatic heterocycles. The number of nitrogens with one attached hydrogen (secondary N) is 2. The number of carbonyl (C=O) groups is 3. The summed E-state index contributed by atoms with van der Waals surface area (Å²) in [6.45, 7) is 5.38. The highest BCUT2D eigenvalue weighted by Gasteiger charge is 2.32. The molecule has 9 rings (SSSR count). The summed E-state index contributed by atoms with van der Waals surface area (Å²) in [5.41, 5.74) is 6.09. The second-order valence-corrected chi connectivity index (χ2v) is 16.3. The summed E-state index contributed by atoms with van der Waals surface area (Å²) in [6.07, 6.45) is 13.7. The summed E-state index contributed by atoms with van der Waals surface area (Å²) >= 11 is 0. The number of likely N-dealkylation sites (tertiary alicyclic amines) is 1. The summed E-state index contributed by atoms with van der Waals surface area (Å²) in [4.78, 5) is 58.0. The van der Waals surface area contributed by atoms with Gasteiger partial charge < -0.3 is 15.0 Å². The number of rotatable bonds is 9. The van der Waals surface area contributed by atoms with Crippen LogP contribution in [0.3, 0.4) is 0 Å². The van der Waals surface area contributed by atoms with E-state index in [-0.39, 0.29) is 49.1 Å². The summed E-state index contributed by atoms with van der Waals surface area (Å²) in [7, 11) is 1.68. The number of hydrogen-bond acceptors (Lipinski definition) is 9. The number of piperidine rings is 2. The van der Waals surface area contributed by atoms with Crippen LogP contribution in [0.1, 0.15) is 84.9 Å². The first kappa shape index (κ1) is 39.1. The van der Waals surface area contributed by atoms with Crippen molar-refractivity contribution in [2.24, 2.45) is 13.0 Å². The van der Waals surface area contributed by atoms with Gasteiger partial charge >= 0.3 is 5.69 Å². The maximum atomic E-state index is 13.5. The van der Waals surface area contributed by atoms with E-state index in [1.807, 2.05) is 36.5 Å². The van der Waals surface area contributed by atoms with Gasteiger partial charge in [0.15, 0.2) is 5.65 Å². The average Bonchev–Trinajstić information content (AvgIpc) is 3.95. The molecule has 6 aromatic rings. The number of carbonyl (C=O) groups excluding carboxylic acids is 3. The van der Waals surface area contributed by atoms with Gasteiger partial charge in [-0.25, -0.2) is 14.3 Å². The van der Waals surface area contributed by atoms with E-state index in [9.17, 15) is 19.2 Å². The number of nitrogens with zero attached hydrogens (tertiary/aromatic N) is 8. The van der Waals surface area contributed by atoms with Crippen molar-refractivity contribution in [2.75, 3.05) is 31.6 Å². The highest BCUT2D eigenvalue weighted by Crippen LogP contribution is 2.36. The zero-order valence-corrected chi connectivity index (χ0v) is 33.8. The Morgan fingerprint density at radius 2 is 1.78 bits per heavy atom. The Hall–Kier alpha value is -6.37. The van der Waals surface area contributed by atoms with E-state index in [2.05, 4.69) is 61.2 Å². The first-order valence-corrected chi connectivity index (χ1v) is 20.8. The average molecular weight is 809 g/mol. The molecule has 1 atom stereocenters. The van der Waals surface area contributed by atoms with Crippen molar-refractivity contribution < 1.29 is 19.1 Å². The molecule has 2 N–H and O–H groups in total.